The Bertz CT molecular complexity index is 433. The van der Waals surface area contributed by atoms with Crippen molar-refractivity contribution in [2.24, 2.45) is 5.92 Å². The monoisotopic (exact) mass is 265 g/mol. The molecule has 1 heterocycles. The van der Waals surface area contributed by atoms with Gasteiger partial charge >= 0.3 is 0 Å². The molecule has 1 aliphatic rings. The maximum atomic E-state index is 9.95. The average Bonchev–Trinajstić information content (AvgIpc) is 2.38. The van der Waals surface area contributed by atoms with E-state index in [1.165, 1.54) is 0 Å². The van der Waals surface area contributed by atoms with Crippen LogP contribution in [-0.4, -0.2) is 36.5 Å². The number of piperidine rings is 1. The summed E-state index contributed by atoms with van der Waals surface area (Å²) in [7, 11) is 1.75. The number of aromatic hydroxyl groups is 1. The third-order valence-electron chi connectivity index (χ3n) is 4.02. The van der Waals surface area contributed by atoms with Crippen LogP contribution < -0.4 is 4.90 Å². The minimum absolute atomic E-state index is 0.153. The molecule has 2 rings (SSSR count). The smallest absolute Gasteiger partial charge is 0.123 e. The summed E-state index contributed by atoms with van der Waals surface area (Å²) in [6, 6.07) is 5.46. The van der Waals surface area contributed by atoms with Crippen molar-refractivity contribution < 1.29 is 14.9 Å². The summed E-state index contributed by atoms with van der Waals surface area (Å²) in [5.74, 6) is 0.715. The van der Waals surface area contributed by atoms with Gasteiger partial charge < -0.3 is 19.8 Å². The first-order chi connectivity index (χ1) is 9.02. The number of anilines is 1. The molecule has 19 heavy (non-hydrogen) atoms. The largest absolute Gasteiger partial charge is 0.507 e. The number of phenolic OH excluding ortho intramolecular Hbond substituents is 1. The zero-order valence-electron chi connectivity index (χ0n) is 11.8. The van der Waals surface area contributed by atoms with Crippen molar-refractivity contribution in [2.75, 3.05) is 25.1 Å². The Kier molecular flexibility index (Phi) is 4.32. The van der Waals surface area contributed by atoms with Crippen LogP contribution in [0.4, 0.5) is 5.69 Å². The molecule has 3 unspecified atom stereocenters. The van der Waals surface area contributed by atoms with E-state index in [4.69, 9.17) is 4.74 Å². The number of ether oxygens (including phenoxy) is 1. The Morgan fingerprint density at radius 3 is 2.74 bits per heavy atom. The topological polar surface area (TPSA) is 52.9 Å². The fourth-order valence-electron chi connectivity index (χ4n) is 2.66. The Labute approximate surface area is 114 Å². The lowest BCUT2D eigenvalue weighted by molar-refractivity contribution is 0.0498. The minimum Gasteiger partial charge on any atom is -0.507 e. The molecule has 1 aliphatic heterocycles. The van der Waals surface area contributed by atoms with Gasteiger partial charge in [0, 0.05) is 37.5 Å². The lowest BCUT2D eigenvalue weighted by atomic mass is 9.95. The second-order valence-corrected chi connectivity index (χ2v) is 5.41. The van der Waals surface area contributed by atoms with E-state index >= 15 is 0 Å². The molecule has 0 aromatic heterocycles. The van der Waals surface area contributed by atoms with Crippen LogP contribution in [-0.2, 0) is 4.74 Å². The van der Waals surface area contributed by atoms with Crippen LogP contribution in [0.2, 0.25) is 0 Å². The van der Waals surface area contributed by atoms with Gasteiger partial charge in [0.1, 0.15) is 5.75 Å². The molecule has 4 heteroatoms. The predicted octanol–water partition coefficient (Wildman–Crippen LogP) is 2.31. The van der Waals surface area contributed by atoms with Gasteiger partial charge in [-0.1, -0.05) is 13.0 Å². The Hall–Kier alpha value is -1.26. The molecule has 106 valence electrons. The molecular formula is C15H23NO3. The quantitative estimate of drug-likeness (QED) is 0.880. The molecule has 1 saturated heterocycles. The van der Waals surface area contributed by atoms with Crippen LogP contribution in [0.3, 0.4) is 0 Å². The number of rotatable bonds is 3. The van der Waals surface area contributed by atoms with Crippen molar-refractivity contribution in [1.82, 2.24) is 0 Å². The molecule has 0 saturated carbocycles. The van der Waals surface area contributed by atoms with Crippen molar-refractivity contribution in [2.45, 2.75) is 32.5 Å². The highest BCUT2D eigenvalue weighted by Gasteiger charge is 2.26. The molecule has 2 N–H and O–H groups in total. The van der Waals surface area contributed by atoms with Crippen LogP contribution in [0.1, 0.15) is 31.9 Å². The summed E-state index contributed by atoms with van der Waals surface area (Å²) in [5.41, 5.74) is 1.55. The highest BCUT2D eigenvalue weighted by molar-refractivity contribution is 5.54. The summed E-state index contributed by atoms with van der Waals surface area (Å²) in [4.78, 5) is 2.22. The van der Waals surface area contributed by atoms with Crippen molar-refractivity contribution in [1.29, 1.82) is 0 Å². The zero-order chi connectivity index (χ0) is 14.0. The summed E-state index contributed by atoms with van der Waals surface area (Å²) in [6.07, 6.45) is 0.659. The fraction of sp³-hybridized carbons (Fsp3) is 0.600. The molecule has 0 bridgehead atoms. The Balaban J connectivity index is 2.16. The lowest BCUT2D eigenvalue weighted by Gasteiger charge is -2.37. The first kappa shape index (κ1) is 14.2. The maximum absolute atomic E-state index is 9.95. The summed E-state index contributed by atoms with van der Waals surface area (Å²) in [6.45, 7) is 5.66. The van der Waals surface area contributed by atoms with E-state index in [-0.39, 0.29) is 11.9 Å². The summed E-state index contributed by atoms with van der Waals surface area (Å²) in [5, 5.41) is 19.5. The van der Waals surface area contributed by atoms with E-state index in [1.807, 2.05) is 6.07 Å². The number of hydrogen-bond donors (Lipinski definition) is 2. The predicted molar refractivity (Wildman–Crippen MR) is 75.5 cm³/mol. The number of nitrogens with zero attached hydrogens (tertiary/aromatic N) is 1. The minimum atomic E-state index is -0.651. The Morgan fingerprint density at radius 2 is 2.16 bits per heavy atom. The van der Waals surface area contributed by atoms with Crippen molar-refractivity contribution in [3.8, 4) is 5.75 Å². The zero-order valence-corrected chi connectivity index (χ0v) is 11.8. The lowest BCUT2D eigenvalue weighted by Crippen LogP contribution is -2.43. The number of aliphatic hydroxyl groups excluding tert-OH is 1. The van der Waals surface area contributed by atoms with Gasteiger partial charge in [0.15, 0.2) is 0 Å². The Morgan fingerprint density at radius 1 is 1.42 bits per heavy atom. The van der Waals surface area contributed by atoms with Crippen LogP contribution >= 0.6 is 0 Å². The van der Waals surface area contributed by atoms with E-state index in [2.05, 4.69) is 11.8 Å². The summed E-state index contributed by atoms with van der Waals surface area (Å²) >= 11 is 0. The van der Waals surface area contributed by atoms with Gasteiger partial charge in [-0.3, -0.25) is 0 Å². The molecular weight excluding hydrogens is 242 g/mol. The number of benzene rings is 1. The second-order valence-electron chi connectivity index (χ2n) is 5.41. The molecule has 1 aromatic rings. The highest BCUT2D eigenvalue weighted by Crippen LogP contribution is 2.31. The average molecular weight is 265 g/mol. The second kappa shape index (κ2) is 5.80. The van der Waals surface area contributed by atoms with Crippen LogP contribution in [0.25, 0.3) is 0 Å². The van der Waals surface area contributed by atoms with Crippen LogP contribution in [0, 0.1) is 5.92 Å². The molecule has 4 nitrogen and oxygen atoms in total. The number of phenols is 1. The molecule has 0 radical (unpaired) electrons. The molecule has 0 amide bonds. The van der Waals surface area contributed by atoms with E-state index in [1.54, 1.807) is 26.2 Å². The van der Waals surface area contributed by atoms with E-state index < -0.39 is 6.10 Å². The fourth-order valence-corrected chi connectivity index (χ4v) is 2.66. The normalized spacial score (nSPS) is 25.4. The van der Waals surface area contributed by atoms with Gasteiger partial charge in [-0.05, 0) is 25.3 Å². The first-order valence-corrected chi connectivity index (χ1v) is 6.81. The van der Waals surface area contributed by atoms with Gasteiger partial charge in [-0.15, -0.1) is 0 Å². The van der Waals surface area contributed by atoms with Gasteiger partial charge in [0.2, 0.25) is 0 Å². The molecule has 1 aromatic carbocycles. The van der Waals surface area contributed by atoms with Gasteiger partial charge in [-0.2, -0.15) is 0 Å². The van der Waals surface area contributed by atoms with Crippen molar-refractivity contribution >= 4 is 5.69 Å². The van der Waals surface area contributed by atoms with Crippen LogP contribution in [0.15, 0.2) is 18.2 Å². The van der Waals surface area contributed by atoms with Crippen molar-refractivity contribution in [3.05, 3.63) is 23.8 Å². The van der Waals surface area contributed by atoms with E-state index in [0.717, 1.165) is 25.2 Å². The number of hydrogen-bond acceptors (Lipinski definition) is 4. The third-order valence-corrected chi connectivity index (χ3v) is 4.02. The van der Waals surface area contributed by atoms with Gasteiger partial charge in [0.25, 0.3) is 0 Å². The van der Waals surface area contributed by atoms with E-state index in [0.29, 0.717) is 11.5 Å². The van der Waals surface area contributed by atoms with Gasteiger partial charge in [-0.25, -0.2) is 0 Å². The molecule has 3 atom stereocenters. The first-order valence-electron chi connectivity index (χ1n) is 6.81. The summed E-state index contributed by atoms with van der Waals surface area (Å²) < 4.78 is 5.50. The number of aliphatic hydroxyl groups is 1. The third kappa shape index (κ3) is 3.01. The van der Waals surface area contributed by atoms with Crippen molar-refractivity contribution in [3.63, 3.8) is 0 Å². The number of methoxy groups -OCH3 is 1. The van der Waals surface area contributed by atoms with E-state index in [9.17, 15) is 10.2 Å². The maximum Gasteiger partial charge on any atom is 0.123 e. The molecule has 0 aliphatic carbocycles. The van der Waals surface area contributed by atoms with Gasteiger partial charge in [0.05, 0.1) is 12.2 Å². The molecule has 1 fully saturated rings. The van der Waals surface area contributed by atoms with Crippen LogP contribution in [0.5, 0.6) is 5.75 Å². The SMILES string of the molecule is COC1CN(c2ccc(C(C)O)c(O)c2)CCC1C. The standard InChI is InChI=1S/C15H23NO3/c1-10-6-7-16(9-15(10)19-3)12-4-5-13(11(2)17)14(18)8-12/h4-5,8,10-11,15,17-18H,6-7,9H2,1-3H3. The highest BCUT2D eigenvalue weighted by atomic mass is 16.5. The molecule has 0 spiro atoms.